The van der Waals surface area contributed by atoms with Crippen LogP contribution in [0, 0.1) is 0 Å². The summed E-state index contributed by atoms with van der Waals surface area (Å²) < 4.78 is 10.5. The van der Waals surface area contributed by atoms with Gasteiger partial charge in [0, 0.05) is 5.56 Å². The van der Waals surface area contributed by atoms with Crippen LogP contribution in [0.15, 0.2) is 53.4 Å². The molecule has 27 heavy (non-hydrogen) atoms. The summed E-state index contributed by atoms with van der Waals surface area (Å²) in [6.07, 6.45) is 1.51. The van der Waals surface area contributed by atoms with Gasteiger partial charge in [-0.3, -0.25) is 9.59 Å². The van der Waals surface area contributed by atoms with Gasteiger partial charge in [0.1, 0.15) is 11.5 Å². The first-order chi connectivity index (χ1) is 13.0. The molecule has 3 rings (SSSR count). The Morgan fingerprint density at radius 1 is 1.11 bits per heavy atom. The first-order valence-corrected chi connectivity index (χ1v) is 8.67. The van der Waals surface area contributed by atoms with Gasteiger partial charge in [-0.1, -0.05) is 30.3 Å². The minimum atomic E-state index is -1.11. The summed E-state index contributed by atoms with van der Waals surface area (Å²) >= 11 is 0.795. The second kappa shape index (κ2) is 7.96. The Morgan fingerprint density at radius 2 is 1.78 bits per heavy atom. The molecule has 8 heteroatoms. The predicted molar refractivity (Wildman–Crippen MR) is 101 cm³/mol. The van der Waals surface area contributed by atoms with Crippen LogP contribution in [0.3, 0.4) is 0 Å². The molecule has 7 nitrogen and oxygen atoms in total. The van der Waals surface area contributed by atoms with Crippen molar-refractivity contribution in [2.24, 2.45) is 0 Å². The number of methoxy groups -OCH3 is 1. The van der Waals surface area contributed by atoms with Crippen LogP contribution in [0.2, 0.25) is 0 Å². The topological polar surface area (TPSA) is 93.1 Å². The molecule has 0 aromatic heterocycles. The van der Waals surface area contributed by atoms with Gasteiger partial charge in [0.25, 0.3) is 11.1 Å². The highest BCUT2D eigenvalue weighted by Gasteiger charge is 2.37. The van der Waals surface area contributed by atoms with Crippen LogP contribution >= 0.6 is 11.8 Å². The molecular formula is C19H15NO6S. The molecule has 2 amide bonds. The molecule has 1 saturated heterocycles. The normalized spacial score (nSPS) is 15.3. The monoisotopic (exact) mass is 385 g/mol. The Balaban J connectivity index is 1.93. The molecule has 1 heterocycles. The van der Waals surface area contributed by atoms with Crippen molar-refractivity contribution in [2.75, 3.05) is 18.6 Å². The maximum Gasteiger partial charge on any atom is 0.341 e. The number of carboxylic acids is 1. The highest BCUT2D eigenvalue weighted by Crippen LogP contribution is 2.40. The van der Waals surface area contributed by atoms with Crippen LogP contribution in [-0.4, -0.2) is 35.9 Å². The Labute approximate surface area is 159 Å². The molecule has 0 aliphatic carbocycles. The van der Waals surface area contributed by atoms with Gasteiger partial charge in [-0.15, -0.1) is 0 Å². The average Bonchev–Trinajstić information content (AvgIpc) is 2.94. The van der Waals surface area contributed by atoms with Crippen LogP contribution in [0.4, 0.5) is 10.5 Å². The minimum absolute atomic E-state index is 0.206. The molecule has 0 spiro atoms. The number of hydrogen-bond donors (Lipinski definition) is 1. The van der Waals surface area contributed by atoms with E-state index in [2.05, 4.69) is 0 Å². The summed E-state index contributed by atoms with van der Waals surface area (Å²) in [7, 11) is 1.46. The van der Waals surface area contributed by atoms with E-state index in [1.54, 1.807) is 48.5 Å². The largest absolute Gasteiger partial charge is 0.495 e. The summed E-state index contributed by atoms with van der Waals surface area (Å²) in [6, 6.07) is 13.4. The number of para-hydroxylation sites is 3. The summed E-state index contributed by atoms with van der Waals surface area (Å²) in [4.78, 5) is 37.2. The second-order valence-electron chi connectivity index (χ2n) is 5.41. The zero-order valence-corrected chi connectivity index (χ0v) is 15.1. The van der Waals surface area contributed by atoms with Gasteiger partial charge in [-0.25, -0.2) is 9.69 Å². The highest BCUT2D eigenvalue weighted by atomic mass is 32.2. The number of aliphatic carboxylic acids is 1. The van der Waals surface area contributed by atoms with Gasteiger partial charge in [0.05, 0.1) is 17.7 Å². The number of carboxylic acid groups (broad SMARTS) is 1. The van der Waals surface area contributed by atoms with E-state index in [0.29, 0.717) is 22.7 Å². The Kier molecular flexibility index (Phi) is 5.46. The van der Waals surface area contributed by atoms with Crippen molar-refractivity contribution in [3.8, 4) is 11.5 Å². The number of ether oxygens (including phenoxy) is 2. The Hall–Kier alpha value is -3.26. The van der Waals surface area contributed by atoms with Crippen molar-refractivity contribution < 1.29 is 29.0 Å². The van der Waals surface area contributed by atoms with E-state index in [9.17, 15) is 14.4 Å². The highest BCUT2D eigenvalue weighted by molar-refractivity contribution is 8.19. The molecule has 1 aliphatic rings. The number of hydrogen-bond acceptors (Lipinski definition) is 6. The zero-order valence-electron chi connectivity index (χ0n) is 14.2. The fourth-order valence-corrected chi connectivity index (χ4v) is 3.33. The predicted octanol–water partition coefficient (Wildman–Crippen LogP) is 3.40. The van der Waals surface area contributed by atoms with Gasteiger partial charge >= 0.3 is 5.97 Å². The van der Waals surface area contributed by atoms with E-state index in [1.165, 1.54) is 13.2 Å². The molecule has 0 bridgehead atoms. The van der Waals surface area contributed by atoms with E-state index in [1.807, 2.05) is 0 Å². The number of benzene rings is 2. The number of anilines is 1. The number of carbonyl (C=O) groups is 3. The van der Waals surface area contributed by atoms with Crippen LogP contribution in [0.1, 0.15) is 5.56 Å². The summed E-state index contributed by atoms with van der Waals surface area (Å²) in [5, 5.41) is 8.33. The molecule has 1 N–H and O–H groups in total. The molecular weight excluding hydrogens is 370 g/mol. The number of nitrogens with zero attached hydrogens (tertiary/aromatic N) is 1. The molecule has 0 saturated carbocycles. The van der Waals surface area contributed by atoms with Crippen LogP contribution in [0.25, 0.3) is 6.08 Å². The van der Waals surface area contributed by atoms with Crippen molar-refractivity contribution >= 4 is 40.6 Å². The maximum atomic E-state index is 12.8. The first-order valence-electron chi connectivity index (χ1n) is 7.86. The number of carbonyl (C=O) groups excluding carboxylic acids is 2. The van der Waals surface area contributed by atoms with E-state index in [4.69, 9.17) is 14.6 Å². The van der Waals surface area contributed by atoms with Gasteiger partial charge in [-0.2, -0.15) is 0 Å². The van der Waals surface area contributed by atoms with Gasteiger partial charge in [-0.05, 0) is 36.0 Å². The zero-order chi connectivity index (χ0) is 19.4. The van der Waals surface area contributed by atoms with Crippen LogP contribution in [-0.2, 0) is 9.59 Å². The lowest BCUT2D eigenvalue weighted by Crippen LogP contribution is -2.28. The lowest BCUT2D eigenvalue weighted by molar-refractivity contribution is -0.139. The third-order valence-electron chi connectivity index (χ3n) is 3.68. The standard InChI is InChI=1S/C19H15NO6S/c1-25-15-9-5-3-7-13(15)20-18(23)16(27-19(20)24)10-12-6-2-4-8-14(12)26-11-17(21)22/h2-10H,11H2,1H3,(H,21,22). The van der Waals surface area contributed by atoms with Crippen LogP contribution in [0.5, 0.6) is 11.5 Å². The fraction of sp³-hybridized carbons (Fsp3) is 0.105. The van der Waals surface area contributed by atoms with E-state index >= 15 is 0 Å². The van der Waals surface area contributed by atoms with Gasteiger partial charge < -0.3 is 14.6 Å². The molecule has 138 valence electrons. The molecule has 1 fully saturated rings. The quantitative estimate of drug-likeness (QED) is 0.762. The molecule has 0 atom stereocenters. The number of imide groups is 1. The maximum absolute atomic E-state index is 12.8. The average molecular weight is 385 g/mol. The molecule has 0 unspecified atom stereocenters. The van der Waals surface area contributed by atoms with Crippen molar-refractivity contribution in [3.05, 3.63) is 59.0 Å². The Bertz CT molecular complexity index is 939. The van der Waals surface area contributed by atoms with Crippen molar-refractivity contribution in [1.29, 1.82) is 0 Å². The van der Waals surface area contributed by atoms with Gasteiger partial charge in [0.2, 0.25) is 0 Å². The lowest BCUT2D eigenvalue weighted by atomic mass is 10.2. The molecule has 2 aromatic carbocycles. The van der Waals surface area contributed by atoms with E-state index in [0.717, 1.165) is 16.7 Å². The van der Waals surface area contributed by atoms with Crippen LogP contribution < -0.4 is 14.4 Å². The number of rotatable bonds is 6. The molecule has 1 aliphatic heterocycles. The second-order valence-corrected chi connectivity index (χ2v) is 6.40. The van der Waals surface area contributed by atoms with Crippen molar-refractivity contribution in [1.82, 2.24) is 0 Å². The summed E-state index contributed by atoms with van der Waals surface area (Å²) in [5.74, 6) is -0.876. The van der Waals surface area contributed by atoms with Gasteiger partial charge in [0.15, 0.2) is 6.61 Å². The first kappa shape index (κ1) is 18.5. The fourth-order valence-electron chi connectivity index (χ4n) is 2.50. The smallest absolute Gasteiger partial charge is 0.341 e. The molecule has 2 aromatic rings. The van der Waals surface area contributed by atoms with Crippen molar-refractivity contribution in [3.63, 3.8) is 0 Å². The minimum Gasteiger partial charge on any atom is -0.495 e. The number of amides is 2. The Morgan fingerprint density at radius 3 is 2.48 bits per heavy atom. The molecule has 0 radical (unpaired) electrons. The lowest BCUT2D eigenvalue weighted by Gasteiger charge is -2.15. The van der Waals surface area contributed by atoms with E-state index in [-0.39, 0.29) is 4.91 Å². The summed E-state index contributed by atoms with van der Waals surface area (Å²) in [5.41, 5.74) is 0.866. The third-order valence-corrected chi connectivity index (χ3v) is 4.55. The summed E-state index contributed by atoms with van der Waals surface area (Å²) in [6.45, 7) is -0.506. The third kappa shape index (κ3) is 3.95. The van der Waals surface area contributed by atoms with Crippen molar-refractivity contribution in [2.45, 2.75) is 0 Å². The SMILES string of the molecule is COc1ccccc1N1C(=O)SC(=Cc2ccccc2OCC(=O)O)C1=O. The van der Waals surface area contributed by atoms with E-state index < -0.39 is 23.7 Å². The number of thioether (sulfide) groups is 1.